The van der Waals surface area contributed by atoms with Crippen molar-refractivity contribution in [1.29, 1.82) is 0 Å². The van der Waals surface area contributed by atoms with Crippen molar-refractivity contribution in [1.82, 2.24) is 9.80 Å². The Morgan fingerprint density at radius 2 is 2.22 bits per heavy atom. The molecule has 32 heavy (non-hydrogen) atoms. The van der Waals surface area contributed by atoms with E-state index >= 15 is 0 Å². The zero-order valence-corrected chi connectivity index (χ0v) is 19.9. The maximum absolute atomic E-state index is 13.3. The van der Waals surface area contributed by atoms with Gasteiger partial charge in [-0.15, -0.1) is 17.9 Å². The molecule has 7 heteroatoms. The van der Waals surface area contributed by atoms with Crippen LogP contribution < -0.4 is 4.74 Å². The Morgan fingerprint density at radius 1 is 1.41 bits per heavy atom. The molecular formula is C25H34N2O4S. The highest BCUT2D eigenvalue weighted by atomic mass is 32.1. The molecule has 0 radical (unpaired) electrons. The topological polar surface area (TPSA) is 62.2 Å². The lowest BCUT2D eigenvalue weighted by atomic mass is 10.0. The van der Waals surface area contributed by atoms with Gasteiger partial charge in [0.25, 0.3) is 0 Å². The van der Waals surface area contributed by atoms with Gasteiger partial charge >= 0.3 is 0 Å². The van der Waals surface area contributed by atoms with Gasteiger partial charge in [-0.05, 0) is 48.5 Å². The van der Waals surface area contributed by atoms with Crippen LogP contribution in [-0.4, -0.2) is 72.9 Å². The number of aliphatic hydroxyl groups is 1. The van der Waals surface area contributed by atoms with E-state index in [0.29, 0.717) is 32.8 Å². The van der Waals surface area contributed by atoms with Crippen LogP contribution in [0.15, 0.2) is 48.4 Å². The van der Waals surface area contributed by atoms with E-state index in [2.05, 4.69) is 18.0 Å². The Labute approximate surface area is 195 Å². The zero-order chi connectivity index (χ0) is 22.9. The summed E-state index contributed by atoms with van der Waals surface area (Å²) in [5.41, 5.74) is 2.26. The van der Waals surface area contributed by atoms with Gasteiger partial charge in [-0.3, -0.25) is 9.69 Å². The van der Waals surface area contributed by atoms with Crippen LogP contribution in [0, 0.1) is 6.92 Å². The molecule has 1 N–H and O–H groups in total. The number of hydrogen-bond acceptors (Lipinski definition) is 6. The Hall–Kier alpha value is -2.19. The molecule has 0 fully saturated rings. The third kappa shape index (κ3) is 6.42. The predicted octanol–water partition coefficient (Wildman–Crippen LogP) is 3.45. The molecule has 0 spiro atoms. The molecule has 2 unspecified atom stereocenters. The lowest BCUT2D eigenvalue weighted by Crippen LogP contribution is -2.48. The molecule has 1 amide bonds. The van der Waals surface area contributed by atoms with Crippen LogP contribution in [0.25, 0.3) is 0 Å². The predicted molar refractivity (Wildman–Crippen MR) is 128 cm³/mol. The van der Waals surface area contributed by atoms with Crippen LogP contribution in [0.2, 0.25) is 0 Å². The first kappa shape index (κ1) is 24.5. The Bertz CT molecular complexity index is 884. The van der Waals surface area contributed by atoms with Crippen LogP contribution in [0.3, 0.4) is 0 Å². The number of para-hydroxylation sites is 1. The minimum Gasteiger partial charge on any atom is -0.491 e. The lowest BCUT2D eigenvalue weighted by Gasteiger charge is -2.37. The summed E-state index contributed by atoms with van der Waals surface area (Å²) in [6.07, 6.45) is 1.87. The molecule has 2 atom stereocenters. The number of fused-ring (bicyclic) bond motifs is 1. The molecule has 174 valence electrons. The first-order chi connectivity index (χ1) is 15.5. The fourth-order valence-corrected chi connectivity index (χ4v) is 4.92. The minimum atomic E-state index is -0.646. The summed E-state index contributed by atoms with van der Waals surface area (Å²) in [7, 11) is 0. The monoisotopic (exact) mass is 458 g/mol. The number of thiophene rings is 1. The summed E-state index contributed by atoms with van der Waals surface area (Å²) in [6.45, 7) is 10.7. The standard InChI is InChI=1S/C25H34N2O4S/c1-4-13-30-17-20(28)15-26(5-2)16-25(29)27-12-10-24-21(11-14-32-24)22(27)18-31-23-9-7-6-8-19(23)3/h4,6-9,11,14,20,22,28H,1,5,10,12-13,15-18H2,2-3H3. The largest absolute Gasteiger partial charge is 0.491 e. The van der Waals surface area contributed by atoms with E-state index in [9.17, 15) is 9.90 Å². The summed E-state index contributed by atoms with van der Waals surface area (Å²) in [5, 5.41) is 12.3. The number of likely N-dealkylation sites (N-methyl/N-ethyl adjacent to an activating group) is 1. The molecule has 0 bridgehead atoms. The molecule has 1 aliphatic rings. The summed E-state index contributed by atoms with van der Waals surface area (Å²) >= 11 is 1.75. The highest BCUT2D eigenvalue weighted by Crippen LogP contribution is 2.34. The van der Waals surface area contributed by atoms with E-state index in [1.165, 1.54) is 10.4 Å². The number of ether oxygens (including phenoxy) is 2. The number of carbonyl (C=O) groups excluding carboxylic acids is 1. The molecule has 6 nitrogen and oxygen atoms in total. The Balaban J connectivity index is 1.66. The van der Waals surface area contributed by atoms with Gasteiger partial charge in [0.2, 0.25) is 5.91 Å². The van der Waals surface area contributed by atoms with Gasteiger partial charge in [-0.2, -0.15) is 0 Å². The van der Waals surface area contributed by atoms with E-state index in [0.717, 1.165) is 17.7 Å². The number of hydrogen-bond donors (Lipinski definition) is 1. The minimum absolute atomic E-state index is 0.0568. The second kappa shape index (κ2) is 12.2. The summed E-state index contributed by atoms with van der Waals surface area (Å²) < 4.78 is 11.5. The number of amides is 1. The van der Waals surface area contributed by atoms with Crippen molar-refractivity contribution in [2.75, 3.05) is 46.0 Å². The highest BCUT2D eigenvalue weighted by Gasteiger charge is 2.33. The number of rotatable bonds is 12. The maximum atomic E-state index is 13.3. The molecule has 2 aromatic rings. The van der Waals surface area contributed by atoms with Gasteiger partial charge in [0.05, 0.1) is 31.9 Å². The molecule has 1 aliphatic heterocycles. The third-order valence-corrected chi connectivity index (χ3v) is 6.72. The van der Waals surface area contributed by atoms with Crippen LogP contribution in [-0.2, 0) is 16.0 Å². The Morgan fingerprint density at radius 3 is 2.97 bits per heavy atom. The average Bonchev–Trinajstić information content (AvgIpc) is 3.27. The second-order valence-corrected chi connectivity index (χ2v) is 9.04. The van der Waals surface area contributed by atoms with Crippen LogP contribution in [0.5, 0.6) is 5.75 Å². The van der Waals surface area contributed by atoms with E-state index in [1.807, 2.05) is 47.9 Å². The normalized spacial score (nSPS) is 16.6. The van der Waals surface area contributed by atoms with Gasteiger partial charge in [-0.1, -0.05) is 31.2 Å². The molecule has 0 aliphatic carbocycles. The van der Waals surface area contributed by atoms with Crippen molar-refractivity contribution >= 4 is 17.2 Å². The summed E-state index contributed by atoms with van der Waals surface area (Å²) in [6, 6.07) is 9.95. The third-order valence-electron chi connectivity index (χ3n) is 5.73. The van der Waals surface area contributed by atoms with E-state index in [-0.39, 0.29) is 25.1 Å². The van der Waals surface area contributed by atoms with Crippen molar-refractivity contribution in [2.24, 2.45) is 0 Å². The zero-order valence-electron chi connectivity index (χ0n) is 19.0. The van der Waals surface area contributed by atoms with E-state index in [4.69, 9.17) is 9.47 Å². The van der Waals surface area contributed by atoms with Crippen LogP contribution >= 0.6 is 11.3 Å². The number of aliphatic hydroxyl groups excluding tert-OH is 1. The lowest BCUT2D eigenvalue weighted by molar-refractivity contribution is -0.136. The van der Waals surface area contributed by atoms with Gasteiger partial charge in [-0.25, -0.2) is 0 Å². The fourth-order valence-electron chi connectivity index (χ4n) is 3.99. The molecule has 1 aromatic heterocycles. The smallest absolute Gasteiger partial charge is 0.237 e. The van der Waals surface area contributed by atoms with Gasteiger partial charge in [0.1, 0.15) is 12.4 Å². The quantitative estimate of drug-likeness (QED) is 0.390. The first-order valence-corrected chi connectivity index (χ1v) is 12.0. The summed E-state index contributed by atoms with van der Waals surface area (Å²) in [5.74, 6) is 0.904. The van der Waals surface area contributed by atoms with Crippen molar-refractivity contribution in [3.05, 3.63) is 64.4 Å². The molecular weight excluding hydrogens is 424 g/mol. The number of nitrogens with zero attached hydrogens (tertiary/aromatic N) is 2. The number of benzene rings is 1. The molecule has 1 aromatic carbocycles. The maximum Gasteiger partial charge on any atom is 0.237 e. The summed E-state index contributed by atoms with van der Waals surface area (Å²) in [4.78, 5) is 18.6. The van der Waals surface area contributed by atoms with E-state index < -0.39 is 6.10 Å². The SMILES string of the molecule is C=CCOCC(O)CN(CC)CC(=O)N1CCc2sccc2C1COc1ccccc1C. The van der Waals surface area contributed by atoms with Crippen molar-refractivity contribution in [3.8, 4) is 5.75 Å². The Kier molecular flexibility index (Phi) is 9.29. The fraction of sp³-hybridized carbons (Fsp3) is 0.480. The van der Waals surface area contributed by atoms with Crippen LogP contribution in [0.4, 0.5) is 0 Å². The first-order valence-electron chi connectivity index (χ1n) is 11.2. The van der Waals surface area contributed by atoms with E-state index in [1.54, 1.807) is 17.4 Å². The molecule has 3 rings (SSSR count). The van der Waals surface area contributed by atoms with Gasteiger partial charge < -0.3 is 19.5 Å². The number of carbonyl (C=O) groups is 1. The highest BCUT2D eigenvalue weighted by molar-refractivity contribution is 7.10. The van der Waals surface area contributed by atoms with Gasteiger partial charge in [0, 0.05) is 18.0 Å². The van der Waals surface area contributed by atoms with Crippen LogP contribution in [0.1, 0.15) is 29.0 Å². The average molecular weight is 459 g/mol. The number of aryl methyl sites for hydroxylation is 1. The second-order valence-electron chi connectivity index (χ2n) is 8.04. The van der Waals surface area contributed by atoms with Crippen molar-refractivity contribution in [3.63, 3.8) is 0 Å². The van der Waals surface area contributed by atoms with Crippen molar-refractivity contribution in [2.45, 2.75) is 32.4 Å². The molecule has 0 saturated heterocycles. The van der Waals surface area contributed by atoms with Gasteiger partial charge in [0.15, 0.2) is 0 Å². The molecule has 0 saturated carbocycles. The molecule has 2 heterocycles. The van der Waals surface area contributed by atoms with Crippen molar-refractivity contribution < 1.29 is 19.4 Å².